The van der Waals surface area contributed by atoms with E-state index >= 15 is 0 Å². The van der Waals surface area contributed by atoms with Gasteiger partial charge in [-0.15, -0.1) is 0 Å². The van der Waals surface area contributed by atoms with Crippen molar-refractivity contribution in [3.05, 3.63) is 65.7 Å². The third-order valence-electron chi connectivity index (χ3n) is 7.22. The first-order valence-corrected chi connectivity index (χ1v) is 11.4. The van der Waals surface area contributed by atoms with Gasteiger partial charge in [-0.2, -0.15) is 0 Å². The lowest BCUT2D eigenvalue weighted by molar-refractivity contribution is -0.124. The molecule has 3 N–H and O–H groups in total. The van der Waals surface area contributed by atoms with Gasteiger partial charge in [0.05, 0.1) is 18.7 Å². The second-order valence-corrected chi connectivity index (χ2v) is 9.10. The van der Waals surface area contributed by atoms with Crippen LogP contribution in [0, 0.1) is 0 Å². The molecule has 1 aliphatic carbocycles. The van der Waals surface area contributed by atoms with E-state index in [4.69, 9.17) is 4.74 Å². The first-order valence-electron chi connectivity index (χ1n) is 11.4. The Bertz CT molecular complexity index is 889. The topological polar surface area (TPSA) is 65.6 Å². The summed E-state index contributed by atoms with van der Waals surface area (Å²) in [5, 5.41) is 3.36. The lowest BCUT2D eigenvalue weighted by Crippen LogP contribution is -2.52. The van der Waals surface area contributed by atoms with E-state index in [9.17, 15) is 4.79 Å². The van der Waals surface area contributed by atoms with Crippen molar-refractivity contribution in [2.24, 2.45) is 0 Å². The summed E-state index contributed by atoms with van der Waals surface area (Å²) in [5.74, 6) is 1.10. The average molecular weight is 421 g/mol. The van der Waals surface area contributed by atoms with Crippen LogP contribution in [-0.4, -0.2) is 43.2 Å². The van der Waals surface area contributed by atoms with Crippen LogP contribution in [0.15, 0.2) is 54.6 Å². The Morgan fingerprint density at radius 2 is 1.74 bits per heavy atom. The number of carbonyl (C=O) groups excluding carboxylic acids is 1. The minimum Gasteiger partial charge on any atom is -0.497 e. The van der Waals surface area contributed by atoms with Crippen molar-refractivity contribution in [2.45, 2.75) is 55.8 Å². The third kappa shape index (κ3) is 4.20. The SMILES string of the molecule is COc1ccc(C2CC(N3CCC(NC(=O)C4(c5ccccc5)CC4)CC3)NN2)cc1. The third-order valence-corrected chi connectivity index (χ3v) is 7.22. The van der Waals surface area contributed by atoms with Crippen LogP contribution in [-0.2, 0) is 10.2 Å². The van der Waals surface area contributed by atoms with Crippen molar-refractivity contribution in [1.29, 1.82) is 0 Å². The van der Waals surface area contributed by atoms with Crippen LogP contribution in [0.5, 0.6) is 5.75 Å². The number of benzene rings is 2. The van der Waals surface area contributed by atoms with E-state index in [1.807, 2.05) is 30.3 Å². The molecule has 2 unspecified atom stereocenters. The Morgan fingerprint density at radius 3 is 2.39 bits per heavy atom. The number of methoxy groups -OCH3 is 1. The van der Waals surface area contributed by atoms with Gasteiger partial charge in [-0.05, 0) is 55.4 Å². The van der Waals surface area contributed by atoms with E-state index in [0.29, 0.717) is 12.2 Å². The zero-order valence-corrected chi connectivity index (χ0v) is 18.1. The summed E-state index contributed by atoms with van der Waals surface area (Å²) in [4.78, 5) is 15.5. The van der Waals surface area contributed by atoms with Crippen molar-refractivity contribution in [3.63, 3.8) is 0 Å². The molecule has 6 heteroatoms. The molecule has 1 saturated carbocycles. The highest BCUT2D eigenvalue weighted by atomic mass is 16.5. The van der Waals surface area contributed by atoms with Crippen LogP contribution in [0.2, 0.25) is 0 Å². The van der Waals surface area contributed by atoms with Crippen molar-refractivity contribution < 1.29 is 9.53 Å². The van der Waals surface area contributed by atoms with Crippen LogP contribution in [0.1, 0.15) is 49.3 Å². The van der Waals surface area contributed by atoms with Crippen LogP contribution in [0.4, 0.5) is 0 Å². The number of hydrogen-bond donors (Lipinski definition) is 3. The molecule has 2 atom stereocenters. The number of nitrogens with one attached hydrogen (secondary N) is 3. The molecule has 0 aromatic heterocycles. The number of piperidine rings is 1. The predicted molar refractivity (Wildman–Crippen MR) is 121 cm³/mol. The molecule has 2 heterocycles. The fourth-order valence-electron chi connectivity index (χ4n) is 5.04. The van der Waals surface area contributed by atoms with Gasteiger partial charge in [0.25, 0.3) is 0 Å². The van der Waals surface area contributed by atoms with Crippen LogP contribution < -0.4 is 20.9 Å². The second kappa shape index (κ2) is 8.61. The van der Waals surface area contributed by atoms with E-state index in [1.54, 1.807) is 7.11 Å². The highest BCUT2D eigenvalue weighted by molar-refractivity contribution is 5.91. The fraction of sp³-hybridized carbons (Fsp3) is 0.480. The predicted octanol–water partition coefficient (Wildman–Crippen LogP) is 2.87. The molecule has 6 nitrogen and oxygen atoms in total. The van der Waals surface area contributed by atoms with E-state index < -0.39 is 0 Å². The molecule has 2 aromatic carbocycles. The molecular formula is C25H32N4O2. The maximum absolute atomic E-state index is 13.0. The Balaban J connectivity index is 1.11. The summed E-state index contributed by atoms with van der Waals surface area (Å²) < 4.78 is 5.26. The number of ether oxygens (including phenoxy) is 1. The van der Waals surface area contributed by atoms with Gasteiger partial charge in [-0.1, -0.05) is 42.5 Å². The van der Waals surface area contributed by atoms with Gasteiger partial charge in [0.15, 0.2) is 0 Å². The summed E-state index contributed by atoms with van der Waals surface area (Å²) in [6.45, 7) is 2.00. The largest absolute Gasteiger partial charge is 0.497 e. The van der Waals surface area contributed by atoms with E-state index in [0.717, 1.165) is 56.5 Å². The molecule has 0 radical (unpaired) electrons. The van der Waals surface area contributed by atoms with E-state index in [-0.39, 0.29) is 17.4 Å². The maximum Gasteiger partial charge on any atom is 0.230 e. The van der Waals surface area contributed by atoms with Crippen molar-refractivity contribution >= 4 is 5.91 Å². The molecule has 0 bridgehead atoms. The molecule has 2 aromatic rings. The first-order chi connectivity index (χ1) is 15.2. The average Bonchev–Trinajstić information content (AvgIpc) is 3.50. The number of likely N-dealkylation sites (tertiary alicyclic amines) is 1. The van der Waals surface area contributed by atoms with Crippen molar-refractivity contribution in [1.82, 2.24) is 21.1 Å². The van der Waals surface area contributed by atoms with Gasteiger partial charge in [0.2, 0.25) is 5.91 Å². The normalized spacial score (nSPS) is 25.8. The number of hydrazine groups is 1. The number of carbonyl (C=O) groups is 1. The Hall–Kier alpha value is -2.41. The van der Waals surface area contributed by atoms with Crippen molar-refractivity contribution in [2.75, 3.05) is 20.2 Å². The molecule has 2 aliphatic heterocycles. The Morgan fingerprint density at radius 1 is 1.03 bits per heavy atom. The molecule has 0 spiro atoms. The first kappa shape index (κ1) is 20.5. The number of hydrogen-bond acceptors (Lipinski definition) is 5. The molecule has 3 fully saturated rings. The van der Waals surface area contributed by atoms with Gasteiger partial charge in [-0.3, -0.25) is 9.69 Å². The van der Waals surface area contributed by atoms with Crippen LogP contribution >= 0.6 is 0 Å². The van der Waals surface area contributed by atoms with Crippen molar-refractivity contribution in [3.8, 4) is 5.75 Å². The maximum atomic E-state index is 13.0. The second-order valence-electron chi connectivity index (χ2n) is 9.10. The minimum absolute atomic E-state index is 0.220. The number of amides is 1. The Labute approximate surface area is 184 Å². The van der Waals surface area contributed by atoms with Gasteiger partial charge in [0, 0.05) is 25.2 Å². The minimum atomic E-state index is -0.277. The molecule has 164 valence electrons. The quantitative estimate of drug-likeness (QED) is 0.671. The van der Waals surface area contributed by atoms with Gasteiger partial charge < -0.3 is 10.1 Å². The summed E-state index contributed by atoms with van der Waals surface area (Å²) in [6, 6.07) is 19.1. The molecule has 5 rings (SSSR count). The zero-order valence-electron chi connectivity index (χ0n) is 18.1. The Kier molecular flexibility index (Phi) is 5.69. The smallest absolute Gasteiger partial charge is 0.230 e. The van der Waals surface area contributed by atoms with E-state index in [1.165, 1.54) is 5.56 Å². The highest BCUT2D eigenvalue weighted by Crippen LogP contribution is 2.48. The number of nitrogens with zero attached hydrogens (tertiary/aromatic N) is 1. The molecule has 31 heavy (non-hydrogen) atoms. The zero-order chi connectivity index (χ0) is 21.3. The van der Waals surface area contributed by atoms with E-state index in [2.05, 4.69) is 45.3 Å². The fourth-order valence-corrected chi connectivity index (χ4v) is 5.04. The standard InChI is InChI=1S/C25H32N4O2/c1-31-21-9-7-18(8-10-21)22-17-23(28-27-22)29-15-11-20(12-16-29)26-24(30)25(13-14-25)19-5-3-2-4-6-19/h2-10,20,22-23,27-28H,11-17H2,1H3,(H,26,30). The van der Waals surface area contributed by atoms with Crippen LogP contribution in [0.3, 0.4) is 0 Å². The molecule has 2 saturated heterocycles. The van der Waals surface area contributed by atoms with Gasteiger partial charge >= 0.3 is 0 Å². The molecule has 1 amide bonds. The molecular weight excluding hydrogens is 388 g/mol. The van der Waals surface area contributed by atoms with Crippen LogP contribution in [0.25, 0.3) is 0 Å². The molecule has 3 aliphatic rings. The monoisotopic (exact) mass is 420 g/mol. The highest BCUT2D eigenvalue weighted by Gasteiger charge is 2.51. The summed E-state index contributed by atoms with van der Waals surface area (Å²) in [7, 11) is 1.69. The summed E-state index contributed by atoms with van der Waals surface area (Å²) in [5.41, 5.74) is 9.08. The lowest BCUT2D eigenvalue weighted by Gasteiger charge is -2.36. The summed E-state index contributed by atoms with van der Waals surface area (Å²) in [6.07, 6.45) is 5.28. The lowest BCUT2D eigenvalue weighted by atomic mass is 9.93. The summed E-state index contributed by atoms with van der Waals surface area (Å²) >= 11 is 0. The van der Waals surface area contributed by atoms with Gasteiger partial charge in [0.1, 0.15) is 5.75 Å². The number of rotatable bonds is 6. The van der Waals surface area contributed by atoms with Gasteiger partial charge in [-0.25, -0.2) is 10.9 Å².